The van der Waals surface area contributed by atoms with Crippen molar-refractivity contribution in [3.8, 4) is 11.3 Å². The first kappa shape index (κ1) is 26.1. The molecule has 0 amide bonds. The molecule has 2 aliphatic rings. The molecule has 2 aliphatic heterocycles. The van der Waals surface area contributed by atoms with Gasteiger partial charge in [0.2, 0.25) is 5.88 Å². The summed E-state index contributed by atoms with van der Waals surface area (Å²) in [4.78, 5) is 7.01. The van der Waals surface area contributed by atoms with Crippen molar-refractivity contribution in [3.05, 3.63) is 35.9 Å². The van der Waals surface area contributed by atoms with Gasteiger partial charge in [-0.05, 0) is 32.6 Å². The van der Waals surface area contributed by atoms with E-state index in [0.717, 1.165) is 74.9 Å². The Hall–Kier alpha value is -1.97. The van der Waals surface area contributed by atoms with Gasteiger partial charge in [-0.15, -0.1) is 0 Å². The zero-order valence-corrected chi connectivity index (χ0v) is 21.4. The van der Waals surface area contributed by atoms with Crippen LogP contribution < -0.4 is 4.90 Å². The van der Waals surface area contributed by atoms with Gasteiger partial charge in [0.25, 0.3) is 0 Å². The van der Waals surface area contributed by atoms with Crippen LogP contribution in [-0.2, 0) is 16.0 Å². The Morgan fingerprint density at radius 3 is 2.71 bits per heavy atom. The number of aliphatic hydroxyl groups excluding tert-OH is 1. The number of nitrogens with zero attached hydrogens (tertiary/aromatic N) is 4. The van der Waals surface area contributed by atoms with E-state index in [4.69, 9.17) is 14.0 Å². The van der Waals surface area contributed by atoms with Crippen molar-refractivity contribution in [3.63, 3.8) is 0 Å². The van der Waals surface area contributed by atoms with Crippen LogP contribution in [0.15, 0.2) is 34.9 Å². The Bertz CT molecular complexity index is 871. The first-order valence-electron chi connectivity index (χ1n) is 13.2. The number of benzene rings is 1. The lowest BCUT2D eigenvalue weighted by Gasteiger charge is -2.34. The molecule has 2 unspecified atom stereocenters. The van der Waals surface area contributed by atoms with Crippen molar-refractivity contribution >= 4 is 5.88 Å². The largest absolute Gasteiger partial charge is 0.390 e. The standard InChI is InChI=1S/C27H42N4O4/c1-22-9-6-7-13-31(22)27-25(26(28-35-27)23-10-4-3-5-11-23)21-30(12-8-16-33-2)20-24(32)19-29-14-17-34-18-15-29/h3-5,10-11,22,24,32H,6-9,12-21H2,1-2H3. The number of ether oxygens (including phenoxy) is 2. The van der Waals surface area contributed by atoms with Gasteiger partial charge in [-0.2, -0.15) is 0 Å². The van der Waals surface area contributed by atoms with Gasteiger partial charge >= 0.3 is 0 Å². The lowest BCUT2D eigenvalue weighted by molar-refractivity contribution is 0.00569. The van der Waals surface area contributed by atoms with Crippen LogP contribution in [0.3, 0.4) is 0 Å². The molecule has 8 heteroatoms. The number of rotatable bonds is 12. The third-order valence-corrected chi connectivity index (χ3v) is 7.12. The number of morpholine rings is 1. The van der Waals surface area contributed by atoms with Crippen LogP contribution in [0.1, 0.15) is 38.2 Å². The van der Waals surface area contributed by atoms with E-state index in [2.05, 4.69) is 38.9 Å². The van der Waals surface area contributed by atoms with E-state index in [-0.39, 0.29) is 0 Å². The second-order valence-corrected chi connectivity index (χ2v) is 9.87. The molecule has 0 bridgehead atoms. The van der Waals surface area contributed by atoms with Crippen LogP contribution in [0.5, 0.6) is 0 Å². The molecule has 3 heterocycles. The zero-order valence-electron chi connectivity index (χ0n) is 21.4. The predicted molar refractivity (Wildman–Crippen MR) is 138 cm³/mol. The quantitative estimate of drug-likeness (QED) is 0.459. The molecule has 2 fully saturated rings. The molecule has 194 valence electrons. The number of anilines is 1. The third-order valence-electron chi connectivity index (χ3n) is 7.12. The van der Waals surface area contributed by atoms with Gasteiger partial charge < -0.3 is 24.0 Å². The van der Waals surface area contributed by atoms with Crippen LogP contribution in [0.2, 0.25) is 0 Å². The second kappa shape index (κ2) is 13.4. The highest BCUT2D eigenvalue weighted by molar-refractivity contribution is 5.68. The van der Waals surface area contributed by atoms with Crippen molar-refractivity contribution in [2.24, 2.45) is 0 Å². The summed E-state index contributed by atoms with van der Waals surface area (Å²) in [6, 6.07) is 10.7. The summed E-state index contributed by atoms with van der Waals surface area (Å²) in [6.45, 7) is 9.95. The summed E-state index contributed by atoms with van der Waals surface area (Å²) in [5.74, 6) is 0.885. The maximum Gasteiger partial charge on any atom is 0.232 e. The number of aromatic nitrogens is 1. The topological polar surface area (TPSA) is 74.4 Å². The molecule has 1 aromatic heterocycles. The third kappa shape index (κ3) is 7.27. The fourth-order valence-electron chi connectivity index (χ4n) is 5.22. The predicted octanol–water partition coefficient (Wildman–Crippen LogP) is 3.25. The number of piperidine rings is 1. The van der Waals surface area contributed by atoms with Crippen molar-refractivity contribution < 1.29 is 19.1 Å². The van der Waals surface area contributed by atoms with Gasteiger partial charge in [0.15, 0.2) is 0 Å². The monoisotopic (exact) mass is 486 g/mol. The molecule has 1 N–H and O–H groups in total. The molecule has 2 atom stereocenters. The summed E-state index contributed by atoms with van der Waals surface area (Å²) in [6.07, 6.45) is 4.05. The van der Waals surface area contributed by atoms with Gasteiger partial charge in [-0.3, -0.25) is 9.80 Å². The summed E-state index contributed by atoms with van der Waals surface area (Å²) < 4.78 is 16.8. The van der Waals surface area contributed by atoms with Gasteiger partial charge in [-0.25, -0.2) is 0 Å². The van der Waals surface area contributed by atoms with Crippen LogP contribution in [0, 0.1) is 0 Å². The molecule has 0 aliphatic carbocycles. The number of β-amino-alcohol motifs (C(OH)–C–C–N with tert-alkyl or cyclic N) is 1. The molecule has 35 heavy (non-hydrogen) atoms. The minimum absolute atomic E-state index is 0.424. The summed E-state index contributed by atoms with van der Waals surface area (Å²) in [7, 11) is 1.74. The highest BCUT2D eigenvalue weighted by atomic mass is 16.5. The number of hydrogen-bond donors (Lipinski definition) is 1. The van der Waals surface area contributed by atoms with Crippen molar-refractivity contribution in [1.29, 1.82) is 0 Å². The highest BCUT2D eigenvalue weighted by Gasteiger charge is 2.29. The molecule has 1 aromatic carbocycles. The second-order valence-electron chi connectivity index (χ2n) is 9.87. The fraction of sp³-hybridized carbons (Fsp3) is 0.667. The lowest BCUT2D eigenvalue weighted by atomic mass is 10.0. The number of hydrogen-bond acceptors (Lipinski definition) is 8. The Balaban J connectivity index is 1.56. The molecular formula is C27H42N4O4. The van der Waals surface area contributed by atoms with E-state index in [1.807, 2.05) is 18.2 Å². The van der Waals surface area contributed by atoms with E-state index in [0.29, 0.717) is 32.3 Å². The van der Waals surface area contributed by atoms with Crippen molar-refractivity contribution in [2.45, 2.75) is 51.3 Å². The van der Waals surface area contributed by atoms with Crippen molar-refractivity contribution in [1.82, 2.24) is 15.0 Å². The van der Waals surface area contributed by atoms with Gasteiger partial charge in [0, 0.05) is 71.1 Å². The van der Waals surface area contributed by atoms with E-state index >= 15 is 0 Å². The van der Waals surface area contributed by atoms with Gasteiger partial charge in [-0.1, -0.05) is 35.5 Å². The lowest BCUT2D eigenvalue weighted by Crippen LogP contribution is -2.45. The molecule has 8 nitrogen and oxygen atoms in total. The normalized spacial score (nSPS) is 20.5. The van der Waals surface area contributed by atoms with Crippen LogP contribution in [0.25, 0.3) is 11.3 Å². The first-order chi connectivity index (χ1) is 17.2. The van der Waals surface area contributed by atoms with E-state index in [1.54, 1.807) is 7.11 Å². The minimum atomic E-state index is -0.437. The van der Waals surface area contributed by atoms with E-state index < -0.39 is 6.10 Å². The zero-order chi connectivity index (χ0) is 24.5. The SMILES string of the molecule is COCCCN(Cc1c(-c2ccccc2)noc1N1CCCCC1C)CC(O)CN1CCOCC1. The minimum Gasteiger partial charge on any atom is -0.390 e. The molecular weight excluding hydrogens is 444 g/mol. The maximum absolute atomic E-state index is 11.0. The molecule has 4 rings (SSSR count). The molecule has 2 saturated heterocycles. The number of methoxy groups -OCH3 is 1. The molecule has 0 spiro atoms. The summed E-state index contributed by atoms with van der Waals surface area (Å²) in [5, 5.41) is 15.6. The Morgan fingerprint density at radius 1 is 1.17 bits per heavy atom. The first-order valence-corrected chi connectivity index (χ1v) is 13.2. The fourth-order valence-corrected chi connectivity index (χ4v) is 5.22. The summed E-state index contributed by atoms with van der Waals surface area (Å²) >= 11 is 0. The Labute approximate surface area is 209 Å². The average Bonchev–Trinajstić information content (AvgIpc) is 3.28. The highest BCUT2D eigenvalue weighted by Crippen LogP contribution is 2.35. The van der Waals surface area contributed by atoms with Crippen molar-refractivity contribution in [2.75, 3.05) is 71.1 Å². The molecule has 0 radical (unpaired) electrons. The average molecular weight is 487 g/mol. The van der Waals surface area contributed by atoms with Crippen LogP contribution in [-0.4, -0.2) is 98.4 Å². The van der Waals surface area contributed by atoms with Crippen LogP contribution in [0.4, 0.5) is 5.88 Å². The number of aliphatic hydroxyl groups is 1. The van der Waals surface area contributed by atoms with E-state index in [1.165, 1.54) is 12.8 Å². The van der Waals surface area contributed by atoms with Gasteiger partial charge in [0.1, 0.15) is 5.69 Å². The van der Waals surface area contributed by atoms with Gasteiger partial charge in [0.05, 0.1) is 24.9 Å². The summed E-state index contributed by atoms with van der Waals surface area (Å²) in [5.41, 5.74) is 3.08. The molecule has 2 aromatic rings. The molecule has 0 saturated carbocycles. The van der Waals surface area contributed by atoms with Crippen LogP contribution >= 0.6 is 0 Å². The Kier molecular flexibility index (Phi) is 9.97. The van der Waals surface area contributed by atoms with E-state index in [9.17, 15) is 5.11 Å². The smallest absolute Gasteiger partial charge is 0.232 e. The maximum atomic E-state index is 11.0. The Morgan fingerprint density at radius 2 is 1.97 bits per heavy atom.